The number of rotatable bonds is 4. The molecule has 0 bridgehead atoms. The first-order valence-corrected chi connectivity index (χ1v) is 10.1. The van der Waals surface area contributed by atoms with E-state index < -0.39 is 12.1 Å². The van der Waals surface area contributed by atoms with Crippen molar-refractivity contribution >= 4 is 17.7 Å². The van der Waals surface area contributed by atoms with Crippen LogP contribution in [0.5, 0.6) is 0 Å². The van der Waals surface area contributed by atoms with Crippen molar-refractivity contribution in [1.29, 1.82) is 0 Å². The zero-order valence-corrected chi connectivity index (χ0v) is 17.8. The van der Waals surface area contributed by atoms with E-state index in [0.29, 0.717) is 24.3 Å². The van der Waals surface area contributed by atoms with Gasteiger partial charge < -0.3 is 9.30 Å². The molecule has 1 amide bonds. The van der Waals surface area contributed by atoms with Crippen LogP contribution in [0.2, 0.25) is 0 Å². The number of anilines is 1. The van der Waals surface area contributed by atoms with Crippen LogP contribution >= 0.6 is 0 Å². The van der Waals surface area contributed by atoms with Crippen molar-refractivity contribution in [2.75, 3.05) is 11.4 Å². The molecule has 30 heavy (non-hydrogen) atoms. The number of benzene rings is 1. The van der Waals surface area contributed by atoms with Crippen LogP contribution in [0.3, 0.4) is 0 Å². The largest absolute Gasteiger partial charge is 0.449 e. The number of aromatic nitrogens is 3. The Hall–Kier alpha value is -3.35. The summed E-state index contributed by atoms with van der Waals surface area (Å²) in [6, 6.07) is 11.7. The number of carbonyl (C=O) groups is 2. The van der Waals surface area contributed by atoms with Crippen molar-refractivity contribution in [2.24, 2.45) is 7.05 Å². The number of hydrogen-bond acceptors (Lipinski definition) is 4. The molecule has 1 aromatic carbocycles. The Balaban J connectivity index is 1.56. The molecule has 1 aliphatic heterocycles. The van der Waals surface area contributed by atoms with Crippen molar-refractivity contribution in [1.82, 2.24) is 14.3 Å². The lowest BCUT2D eigenvalue weighted by molar-refractivity contribution is -0.129. The van der Waals surface area contributed by atoms with E-state index in [0.717, 1.165) is 29.1 Å². The molecule has 7 nitrogen and oxygen atoms in total. The van der Waals surface area contributed by atoms with Crippen LogP contribution < -0.4 is 4.90 Å². The molecule has 3 heterocycles. The predicted octanol–water partition coefficient (Wildman–Crippen LogP) is 3.49. The Bertz CT molecular complexity index is 1110. The highest BCUT2D eigenvalue weighted by molar-refractivity contribution is 5.99. The van der Waals surface area contributed by atoms with Crippen LogP contribution in [0.1, 0.15) is 40.2 Å². The Morgan fingerprint density at radius 3 is 2.63 bits per heavy atom. The minimum Gasteiger partial charge on any atom is -0.449 e. The molecule has 1 aliphatic rings. The van der Waals surface area contributed by atoms with Crippen LogP contribution in [-0.4, -0.2) is 38.9 Å². The molecule has 0 N–H and O–H groups in total. The lowest BCUT2D eigenvalue weighted by Crippen LogP contribution is -2.46. The summed E-state index contributed by atoms with van der Waals surface area (Å²) in [4.78, 5) is 27.5. The third kappa shape index (κ3) is 3.51. The smallest absolute Gasteiger partial charge is 0.340 e. The Morgan fingerprint density at radius 1 is 1.17 bits per heavy atom. The topological polar surface area (TPSA) is 69.4 Å². The van der Waals surface area contributed by atoms with E-state index >= 15 is 0 Å². The molecule has 0 saturated carbocycles. The van der Waals surface area contributed by atoms with Crippen LogP contribution in [0, 0.1) is 20.8 Å². The van der Waals surface area contributed by atoms with Gasteiger partial charge in [0, 0.05) is 42.9 Å². The summed E-state index contributed by atoms with van der Waals surface area (Å²) < 4.78 is 9.39. The van der Waals surface area contributed by atoms with Gasteiger partial charge in [0.2, 0.25) is 0 Å². The van der Waals surface area contributed by atoms with E-state index in [1.165, 1.54) is 0 Å². The van der Waals surface area contributed by atoms with Gasteiger partial charge in [0.1, 0.15) is 0 Å². The molecule has 3 aromatic rings. The van der Waals surface area contributed by atoms with Crippen LogP contribution in [0.15, 0.2) is 42.6 Å². The van der Waals surface area contributed by atoms with Gasteiger partial charge in [0.15, 0.2) is 11.9 Å². The Morgan fingerprint density at radius 2 is 1.93 bits per heavy atom. The fourth-order valence-electron chi connectivity index (χ4n) is 4.07. The summed E-state index contributed by atoms with van der Waals surface area (Å²) in [5.41, 5.74) is 4.38. The average Bonchev–Trinajstić information content (AvgIpc) is 3.27. The lowest BCUT2D eigenvalue weighted by atomic mass is 10.1. The van der Waals surface area contributed by atoms with E-state index in [1.54, 1.807) is 28.9 Å². The van der Waals surface area contributed by atoms with Gasteiger partial charge in [-0.15, -0.1) is 0 Å². The number of para-hydroxylation sites is 1. The van der Waals surface area contributed by atoms with E-state index in [2.05, 4.69) is 9.67 Å². The first-order valence-electron chi connectivity index (χ1n) is 10.1. The molecular weight excluding hydrogens is 380 g/mol. The SMILES string of the molecule is Cc1ccccc1-n1c(C)cc(C(=O)OC2CCCN(c3ccn(C)n3)C2=O)c1C. The molecule has 2 aromatic heterocycles. The van der Waals surface area contributed by atoms with Crippen LogP contribution in [-0.2, 0) is 16.6 Å². The second-order valence-electron chi connectivity index (χ2n) is 7.78. The molecule has 0 aliphatic carbocycles. The normalized spacial score (nSPS) is 16.7. The standard InChI is InChI=1S/C23H26N4O3/c1-15-8-5-6-9-19(15)27-16(2)14-18(17(27)3)23(29)30-20-10-7-12-26(22(20)28)21-11-13-25(4)24-21/h5-6,8-9,11,13-14,20H,7,10,12H2,1-4H3. The van der Waals surface area contributed by atoms with E-state index in [4.69, 9.17) is 4.74 Å². The highest BCUT2D eigenvalue weighted by Crippen LogP contribution is 2.26. The third-order valence-electron chi connectivity index (χ3n) is 5.62. The highest BCUT2D eigenvalue weighted by Gasteiger charge is 2.34. The zero-order valence-electron chi connectivity index (χ0n) is 17.8. The van der Waals surface area contributed by atoms with Crippen molar-refractivity contribution in [3.8, 4) is 5.69 Å². The fraction of sp³-hybridized carbons (Fsp3) is 0.348. The Kier molecular flexibility index (Phi) is 5.20. The lowest BCUT2D eigenvalue weighted by Gasteiger charge is -2.30. The van der Waals surface area contributed by atoms with Crippen molar-refractivity contribution in [3.05, 3.63) is 65.1 Å². The van der Waals surface area contributed by atoms with E-state index in [1.807, 2.05) is 51.1 Å². The molecule has 7 heteroatoms. The Labute approximate surface area is 175 Å². The summed E-state index contributed by atoms with van der Waals surface area (Å²) >= 11 is 0. The number of nitrogens with zero attached hydrogens (tertiary/aromatic N) is 4. The van der Waals surface area contributed by atoms with Gasteiger partial charge in [-0.3, -0.25) is 14.4 Å². The molecule has 0 spiro atoms. The van der Waals surface area contributed by atoms with Gasteiger partial charge >= 0.3 is 5.97 Å². The molecular formula is C23H26N4O3. The molecule has 1 saturated heterocycles. The maximum Gasteiger partial charge on any atom is 0.340 e. The van der Waals surface area contributed by atoms with Crippen molar-refractivity contribution in [2.45, 2.75) is 39.7 Å². The predicted molar refractivity (Wildman–Crippen MR) is 114 cm³/mol. The van der Waals surface area contributed by atoms with Crippen molar-refractivity contribution in [3.63, 3.8) is 0 Å². The first-order chi connectivity index (χ1) is 14.4. The number of piperidine rings is 1. The van der Waals surface area contributed by atoms with E-state index in [9.17, 15) is 9.59 Å². The molecule has 4 rings (SSSR count). The molecule has 1 unspecified atom stereocenters. The summed E-state index contributed by atoms with van der Waals surface area (Å²) in [5, 5.41) is 4.31. The number of carbonyl (C=O) groups excluding carboxylic acids is 2. The number of amides is 1. The first kappa shape index (κ1) is 19.9. The number of hydrogen-bond donors (Lipinski definition) is 0. The van der Waals surface area contributed by atoms with Gasteiger partial charge in [-0.25, -0.2) is 4.79 Å². The maximum absolute atomic E-state index is 13.0. The van der Waals surface area contributed by atoms with Crippen LogP contribution in [0.4, 0.5) is 5.82 Å². The molecule has 0 radical (unpaired) electrons. The van der Waals surface area contributed by atoms with Gasteiger partial charge in [0.25, 0.3) is 5.91 Å². The van der Waals surface area contributed by atoms with Gasteiger partial charge in [-0.2, -0.15) is 5.10 Å². The quantitative estimate of drug-likeness (QED) is 0.622. The summed E-state index contributed by atoms with van der Waals surface area (Å²) in [6.07, 6.45) is 2.26. The molecule has 1 fully saturated rings. The second-order valence-corrected chi connectivity index (χ2v) is 7.78. The van der Waals surface area contributed by atoms with Gasteiger partial charge in [-0.1, -0.05) is 18.2 Å². The average molecular weight is 406 g/mol. The fourth-order valence-corrected chi connectivity index (χ4v) is 4.07. The zero-order chi connectivity index (χ0) is 21.4. The van der Waals surface area contributed by atoms with E-state index in [-0.39, 0.29) is 5.91 Å². The number of ether oxygens (including phenoxy) is 1. The van der Waals surface area contributed by atoms with Crippen molar-refractivity contribution < 1.29 is 14.3 Å². The minimum absolute atomic E-state index is 0.221. The number of esters is 1. The van der Waals surface area contributed by atoms with Crippen LogP contribution in [0.25, 0.3) is 5.69 Å². The van der Waals surface area contributed by atoms with Gasteiger partial charge in [-0.05, 0) is 51.3 Å². The second kappa shape index (κ2) is 7.82. The summed E-state index contributed by atoms with van der Waals surface area (Å²) in [7, 11) is 1.81. The highest BCUT2D eigenvalue weighted by atomic mass is 16.5. The minimum atomic E-state index is -0.797. The molecule has 156 valence electrons. The van der Waals surface area contributed by atoms with Gasteiger partial charge in [0.05, 0.1) is 5.56 Å². The maximum atomic E-state index is 13.0. The number of aryl methyl sites for hydroxylation is 3. The molecule has 1 atom stereocenters. The third-order valence-corrected chi connectivity index (χ3v) is 5.62. The monoisotopic (exact) mass is 406 g/mol. The summed E-state index contributed by atoms with van der Waals surface area (Å²) in [5.74, 6) is -0.105. The summed E-state index contributed by atoms with van der Waals surface area (Å²) in [6.45, 7) is 6.48.